The van der Waals surface area contributed by atoms with Crippen LogP contribution in [-0.4, -0.2) is 28.8 Å². The van der Waals surface area contributed by atoms with E-state index in [1.54, 1.807) is 18.2 Å². The molecule has 0 bridgehead atoms. The van der Waals surface area contributed by atoms with Gasteiger partial charge >= 0.3 is 0 Å². The predicted molar refractivity (Wildman–Crippen MR) is 157 cm³/mol. The minimum absolute atomic E-state index is 0.519. The summed E-state index contributed by atoms with van der Waals surface area (Å²) in [6, 6.07) is 29.0. The third-order valence-electron chi connectivity index (χ3n) is 7.78. The van der Waals surface area contributed by atoms with Gasteiger partial charge in [0.05, 0.1) is 52.0 Å². The Morgan fingerprint density at radius 3 is 0.976 bits per heavy atom. The molecular weight excluding hydrogens is 522 g/mol. The van der Waals surface area contributed by atoms with Crippen molar-refractivity contribution in [2.24, 2.45) is 0 Å². The lowest BCUT2D eigenvalue weighted by atomic mass is 10.0. The second-order valence-electron chi connectivity index (χ2n) is 10.1. The molecule has 0 N–H and O–H groups in total. The summed E-state index contributed by atoms with van der Waals surface area (Å²) in [5.74, 6) is 0. The maximum absolute atomic E-state index is 9.86. The van der Waals surface area contributed by atoms with Crippen molar-refractivity contribution in [1.29, 1.82) is 15.8 Å². The van der Waals surface area contributed by atoms with Crippen LogP contribution in [0.1, 0.15) is 33.4 Å². The number of fused-ring (bicyclic) bond motifs is 6. The average molecular weight is 544 g/mol. The molecule has 4 heterocycles. The van der Waals surface area contributed by atoms with Crippen molar-refractivity contribution in [2.75, 3.05) is 0 Å². The third kappa shape index (κ3) is 3.30. The van der Waals surface area contributed by atoms with Crippen molar-refractivity contribution < 1.29 is 0 Å². The van der Waals surface area contributed by atoms with E-state index >= 15 is 0 Å². The summed E-state index contributed by atoms with van der Waals surface area (Å²) in [4.78, 5) is 0. The number of nitriles is 3. The van der Waals surface area contributed by atoms with Crippen molar-refractivity contribution in [2.45, 2.75) is 20.8 Å². The van der Waals surface area contributed by atoms with E-state index < -0.39 is 0 Å². The van der Waals surface area contributed by atoms with Gasteiger partial charge in [-0.3, -0.25) is 0 Å². The predicted octanol–water partition coefficient (Wildman–Crippen LogP) is 6.17. The first-order valence-electron chi connectivity index (χ1n) is 13.3. The zero-order chi connectivity index (χ0) is 29.1. The second-order valence-corrected chi connectivity index (χ2v) is 10.1. The first-order valence-corrected chi connectivity index (χ1v) is 13.3. The Labute approximate surface area is 240 Å². The minimum atomic E-state index is 0.519. The van der Waals surface area contributed by atoms with E-state index in [9.17, 15) is 15.8 Å². The summed E-state index contributed by atoms with van der Waals surface area (Å²) in [5, 5.41) is 44.7. The van der Waals surface area contributed by atoms with Gasteiger partial charge in [-0.2, -0.15) is 44.6 Å². The molecule has 0 saturated carbocycles. The highest BCUT2D eigenvalue weighted by Gasteiger charge is 2.27. The van der Waals surface area contributed by atoms with Gasteiger partial charge in [-0.15, -0.1) is 0 Å². The van der Waals surface area contributed by atoms with Gasteiger partial charge in [0.15, 0.2) is 16.9 Å². The summed E-state index contributed by atoms with van der Waals surface area (Å²) in [5.41, 5.74) is 10.4. The van der Waals surface area contributed by atoms with E-state index in [4.69, 9.17) is 15.3 Å². The molecule has 0 atom stereocenters. The summed E-state index contributed by atoms with van der Waals surface area (Å²) in [6.07, 6.45) is 0. The first kappa shape index (κ1) is 24.8. The monoisotopic (exact) mass is 543 g/mol. The molecular formula is C33H21N9. The van der Waals surface area contributed by atoms with Crippen molar-refractivity contribution in [3.05, 3.63) is 106 Å². The summed E-state index contributed by atoms with van der Waals surface area (Å²) in [7, 11) is 0. The molecule has 0 amide bonds. The summed E-state index contributed by atoms with van der Waals surface area (Å²) in [6.45, 7) is 5.91. The molecule has 9 heteroatoms. The first-order chi connectivity index (χ1) is 20.5. The zero-order valence-electron chi connectivity index (χ0n) is 23.0. The standard InChI is InChI=1S/C33H21N9/c1-19-28(25-13-7-4-10-22(25)16-34)37-40-31(19)41-33(20(2)29(38-41)26-14-8-5-11-23(26)17-35)42-32(40)21(3)30(39-42)27-15-9-6-12-24(27)18-36/h4-15H,1-3H3. The number of hydrogen-bond acceptors (Lipinski definition) is 6. The number of hydrogen-bond donors (Lipinski definition) is 0. The fraction of sp³-hybridized carbons (Fsp3) is 0.0909. The minimum Gasteiger partial charge on any atom is -0.196 e. The number of benzene rings is 3. The Balaban J connectivity index is 1.69. The maximum atomic E-state index is 9.86. The normalized spacial score (nSPS) is 11.1. The van der Waals surface area contributed by atoms with E-state index in [1.807, 2.05) is 88.9 Å². The van der Waals surface area contributed by atoms with Crippen molar-refractivity contribution in [3.8, 4) is 52.0 Å². The Morgan fingerprint density at radius 1 is 0.452 bits per heavy atom. The Kier molecular flexibility index (Phi) is 5.40. The maximum Gasteiger partial charge on any atom is 0.164 e. The van der Waals surface area contributed by atoms with Crippen LogP contribution in [0.25, 0.3) is 50.7 Å². The topological polar surface area (TPSA) is 123 Å². The van der Waals surface area contributed by atoms with Crippen LogP contribution in [0.5, 0.6) is 0 Å². The molecule has 4 aromatic heterocycles. The van der Waals surface area contributed by atoms with Gasteiger partial charge in [0.25, 0.3) is 0 Å². The Bertz CT molecular complexity index is 2080. The van der Waals surface area contributed by atoms with Crippen LogP contribution in [0.2, 0.25) is 0 Å². The molecule has 9 nitrogen and oxygen atoms in total. The van der Waals surface area contributed by atoms with Crippen molar-refractivity contribution in [3.63, 3.8) is 0 Å². The SMILES string of the molecule is Cc1c(-c2ccccc2C#N)nn2c1n1nc(-c3ccccc3C#N)c(C)c1n1nc(-c3ccccc3C#N)c(C)c21. The molecule has 0 radical (unpaired) electrons. The zero-order valence-corrected chi connectivity index (χ0v) is 23.0. The molecule has 198 valence electrons. The number of aryl methyl sites for hydroxylation is 3. The number of nitrogens with zero attached hydrogens (tertiary/aromatic N) is 9. The van der Waals surface area contributed by atoms with Crippen molar-refractivity contribution >= 4 is 16.9 Å². The lowest BCUT2D eigenvalue weighted by Crippen LogP contribution is -2.06. The molecule has 0 fully saturated rings. The fourth-order valence-electron chi connectivity index (χ4n) is 5.78. The molecule has 0 aliphatic heterocycles. The third-order valence-corrected chi connectivity index (χ3v) is 7.78. The number of rotatable bonds is 3. The van der Waals surface area contributed by atoms with Crippen LogP contribution in [0, 0.1) is 54.8 Å². The highest BCUT2D eigenvalue weighted by atomic mass is 15.4. The molecule has 0 saturated heterocycles. The average Bonchev–Trinajstić information content (AvgIpc) is 3.67. The van der Waals surface area contributed by atoms with Gasteiger partial charge in [0.1, 0.15) is 0 Å². The van der Waals surface area contributed by atoms with Crippen LogP contribution in [0.4, 0.5) is 0 Å². The van der Waals surface area contributed by atoms with Crippen LogP contribution < -0.4 is 0 Å². The lowest BCUT2D eigenvalue weighted by molar-refractivity contribution is 0.828. The fourth-order valence-corrected chi connectivity index (χ4v) is 5.78. The van der Waals surface area contributed by atoms with Gasteiger partial charge in [-0.05, 0) is 39.0 Å². The second kappa shape index (κ2) is 9.16. The smallest absolute Gasteiger partial charge is 0.164 e. The van der Waals surface area contributed by atoms with Gasteiger partial charge < -0.3 is 0 Å². The van der Waals surface area contributed by atoms with Crippen molar-refractivity contribution in [1.82, 2.24) is 28.8 Å². The molecule has 3 aromatic carbocycles. The highest BCUT2D eigenvalue weighted by molar-refractivity contribution is 5.84. The summed E-state index contributed by atoms with van der Waals surface area (Å²) >= 11 is 0. The van der Waals surface area contributed by atoms with Crippen LogP contribution in [0.3, 0.4) is 0 Å². The van der Waals surface area contributed by atoms with Gasteiger partial charge in [-0.1, -0.05) is 54.6 Å². The van der Waals surface area contributed by atoms with Crippen LogP contribution >= 0.6 is 0 Å². The van der Waals surface area contributed by atoms with Gasteiger partial charge in [0.2, 0.25) is 0 Å². The Morgan fingerprint density at radius 2 is 0.714 bits per heavy atom. The van der Waals surface area contributed by atoms with Crippen LogP contribution in [0.15, 0.2) is 72.8 Å². The molecule has 7 aromatic rings. The summed E-state index contributed by atoms with van der Waals surface area (Å²) < 4.78 is 5.46. The Hall–Kier alpha value is -6.24. The van der Waals surface area contributed by atoms with E-state index in [-0.39, 0.29) is 0 Å². The quantitative estimate of drug-likeness (QED) is 0.263. The van der Waals surface area contributed by atoms with E-state index in [2.05, 4.69) is 18.2 Å². The molecule has 42 heavy (non-hydrogen) atoms. The molecule has 7 rings (SSSR count). The van der Waals surface area contributed by atoms with E-state index in [1.165, 1.54) is 0 Å². The molecule has 0 aliphatic carbocycles. The molecule has 0 spiro atoms. The van der Waals surface area contributed by atoms with Gasteiger partial charge in [-0.25, -0.2) is 0 Å². The van der Waals surface area contributed by atoms with E-state index in [0.717, 1.165) is 33.4 Å². The van der Waals surface area contributed by atoms with Gasteiger partial charge in [0, 0.05) is 33.4 Å². The van der Waals surface area contributed by atoms with E-state index in [0.29, 0.717) is 50.7 Å². The van der Waals surface area contributed by atoms with Crippen LogP contribution in [-0.2, 0) is 0 Å². The largest absolute Gasteiger partial charge is 0.196 e. The molecule has 0 unspecified atom stereocenters. The highest BCUT2D eigenvalue weighted by Crippen LogP contribution is 2.36. The number of aromatic nitrogens is 6. The molecule has 0 aliphatic rings. The lowest BCUT2D eigenvalue weighted by Gasteiger charge is -2.04.